The van der Waals surface area contributed by atoms with Crippen LogP contribution in [0.15, 0.2) is 67.1 Å². The summed E-state index contributed by atoms with van der Waals surface area (Å²) in [5, 5.41) is 0. The summed E-state index contributed by atoms with van der Waals surface area (Å²) in [4.78, 5) is 27.7. The maximum atomic E-state index is 12.1. The van der Waals surface area contributed by atoms with Crippen molar-refractivity contribution in [2.45, 2.75) is 32.5 Å². The molecule has 28 heavy (non-hydrogen) atoms. The van der Waals surface area contributed by atoms with Crippen LogP contribution in [0.25, 0.3) is 0 Å². The summed E-state index contributed by atoms with van der Waals surface area (Å²) in [6.45, 7) is 2.04. The Kier molecular flexibility index (Phi) is 7.70. The number of pyridine rings is 3. The van der Waals surface area contributed by atoms with E-state index in [9.17, 15) is 4.79 Å². The minimum absolute atomic E-state index is 0.118. The van der Waals surface area contributed by atoms with Crippen LogP contribution in [0.3, 0.4) is 0 Å². The Morgan fingerprint density at radius 1 is 0.821 bits per heavy atom. The van der Waals surface area contributed by atoms with Crippen LogP contribution in [0.4, 0.5) is 0 Å². The zero-order chi connectivity index (χ0) is 19.6. The fourth-order valence-corrected chi connectivity index (χ4v) is 3.06. The van der Waals surface area contributed by atoms with Crippen LogP contribution >= 0.6 is 12.6 Å². The third-order valence-corrected chi connectivity index (χ3v) is 4.63. The van der Waals surface area contributed by atoms with Gasteiger partial charge in [-0.1, -0.05) is 12.1 Å². The van der Waals surface area contributed by atoms with Gasteiger partial charge in [-0.3, -0.25) is 24.6 Å². The molecule has 0 saturated heterocycles. The van der Waals surface area contributed by atoms with Crippen molar-refractivity contribution >= 4 is 18.4 Å². The molecular weight excluding hydrogens is 368 g/mol. The molecule has 0 aliphatic heterocycles. The first-order valence-corrected chi connectivity index (χ1v) is 9.99. The first-order chi connectivity index (χ1) is 13.7. The van der Waals surface area contributed by atoms with E-state index in [1.54, 1.807) is 18.6 Å². The Labute approximate surface area is 171 Å². The zero-order valence-corrected chi connectivity index (χ0v) is 16.6. The number of aromatic nitrogens is 3. The van der Waals surface area contributed by atoms with Crippen LogP contribution in [0.1, 0.15) is 40.3 Å². The summed E-state index contributed by atoms with van der Waals surface area (Å²) < 4.78 is 0. The number of ketones is 1. The first kappa shape index (κ1) is 20.2. The van der Waals surface area contributed by atoms with Crippen molar-refractivity contribution < 1.29 is 4.79 Å². The van der Waals surface area contributed by atoms with Gasteiger partial charge >= 0.3 is 0 Å². The minimum atomic E-state index is 0.118. The molecular formula is C22H24N4OS. The number of carbonyl (C=O) groups is 1. The highest BCUT2D eigenvalue weighted by molar-refractivity contribution is 7.80. The molecule has 0 spiro atoms. The molecule has 0 fully saturated rings. The molecule has 144 valence electrons. The molecule has 0 unspecified atom stereocenters. The molecule has 0 amide bonds. The molecule has 0 N–H and O–H groups in total. The van der Waals surface area contributed by atoms with E-state index in [1.165, 1.54) is 0 Å². The van der Waals surface area contributed by atoms with Gasteiger partial charge in [-0.05, 0) is 48.6 Å². The lowest BCUT2D eigenvalue weighted by atomic mass is 10.1. The van der Waals surface area contributed by atoms with Crippen molar-refractivity contribution in [3.63, 3.8) is 0 Å². The second-order valence-electron chi connectivity index (χ2n) is 6.58. The van der Waals surface area contributed by atoms with E-state index < -0.39 is 0 Å². The maximum Gasteiger partial charge on any atom is 0.164 e. The molecule has 3 rings (SSSR count). The van der Waals surface area contributed by atoms with Gasteiger partial charge in [0, 0.05) is 50.2 Å². The predicted octanol–water partition coefficient (Wildman–Crippen LogP) is 3.97. The third kappa shape index (κ3) is 6.25. The maximum absolute atomic E-state index is 12.1. The average molecular weight is 393 g/mol. The minimum Gasteiger partial charge on any atom is -0.294 e. The number of hydrogen-bond donors (Lipinski definition) is 1. The summed E-state index contributed by atoms with van der Waals surface area (Å²) in [7, 11) is 0. The van der Waals surface area contributed by atoms with Crippen LogP contribution in [-0.2, 0) is 19.6 Å². The normalized spacial score (nSPS) is 10.9. The Bertz CT molecular complexity index is 815. The second kappa shape index (κ2) is 10.7. The molecule has 0 aliphatic carbocycles. The van der Waals surface area contributed by atoms with Gasteiger partial charge in [0.2, 0.25) is 0 Å². The van der Waals surface area contributed by atoms with Gasteiger partial charge in [0.1, 0.15) is 0 Å². The molecule has 3 aromatic rings. The lowest BCUT2D eigenvalue weighted by Gasteiger charge is -2.21. The fourth-order valence-electron chi connectivity index (χ4n) is 2.91. The first-order valence-electron chi connectivity index (χ1n) is 9.36. The topological polar surface area (TPSA) is 59.0 Å². The highest BCUT2D eigenvalue weighted by atomic mass is 32.1. The van der Waals surface area contributed by atoms with Crippen molar-refractivity contribution in [3.8, 4) is 0 Å². The van der Waals surface area contributed by atoms with Crippen LogP contribution in [0.2, 0.25) is 0 Å². The van der Waals surface area contributed by atoms with Gasteiger partial charge in [-0.25, -0.2) is 0 Å². The Balaban J connectivity index is 1.70. The fraction of sp³-hybridized carbons (Fsp3) is 0.273. The number of Topliss-reactive ketones (excluding diaryl/α,β-unsaturated/α-hetero) is 1. The molecule has 0 aromatic carbocycles. The van der Waals surface area contributed by atoms with Crippen LogP contribution in [0.5, 0.6) is 0 Å². The summed E-state index contributed by atoms with van der Waals surface area (Å²) in [5.74, 6) is 0.833. The number of nitrogens with zero attached hydrogens (tertiary/aromatic N) is 4. The molecule has 3 heterocycles. The van der Waals surface area contributed by atoms with Gasteiger partial charge in [0.15, 0.2) is 5.78 Å². The molecule has 5 nitrogen and oxygen atoms in total. The van der Waals surface area contributed by atoms with E-state index in [0.29, 0.717) is 37.4 Å². The zero-order valence-electron chi connectivity index (χ0n) is 15.7. The van der Waals surface area contributed by atoms with Crippen molar-refractivity contribution in [2.75, 3.05) is 5.75 Å². The van der Waals surface area contributed by atoms with Gasteiger partial charge in [-0.2, -0.15) is 12.6 Å². The van der Waals surface area contributed by atoms with Crippen LogP contribution in [-0.4, -0.2) is 31.4 Å². The van der Waals surface area contributed by atoms with Crippen LogP contribution in [0, 0.1) is 0 Å². The Morgan fingerprint density at radius 3 is 1.89 bits per heavy atom. The highest BCUT2D eigenvalue weighted by Crippen LogP contribution is 2.12. The van der Waals surface area contributed by atoms with E-state index in [-0.39, 0.29) is 5.78 Å². The van der Waals surface area contributed by atoms with Crippen LogP contribution < -0.4 is 0 Å². The van der Waals surface area contributed by atoms with Gasteiger partial charge in [0.05, 0.1) is 17.1 Å². The monoisotopic (exact) mass is 392 g/mol. The highest BCUT2D eigenvalue weighted by Gasteiger charge is 2.12. The summed E-state index contributed by atoms with van der Waals surface area (Å²) in [6.07, 6.45) is 6.58. The largest absolute Gasteiger partial charge is 0.294 e. The number of thiol groups is 1. The van der Waals surface area contributed by atoms with Crippen molar-refractivity contribution in [3.05, 3.63) is 89.8 Å². The molecule has 3 aromatic heterocycles. The van der Waals surface area contributed by atoms with Gasteiger partial charge < -0.3 is 0 Å². The quantitative estimate of drug-likeness (QED) is 0.418. The van der Waals surface area contributed by atoms with Gasteiger partial charge in [0.25, 0.3) is 0 Å². The Hall–Kier alpha value is -2.57. The summed E-state index contributed by atoms with van der Waals surface area (Å²) in [6, 6.07) is 15.6. The molecule has 0 radical (unpaired) electrons. The number of carbonyl (C=O) groups excluding carboxylic acids is 1. The average Bonchev–Trinajstić information content (AvgIpc) is 2.74. The molecule has 6 heteroatoms. The lowest BCUT2D eigenvalue weighted by Crippen LogP contribution is -2.24. The van der Waals surface area contributed by atoms with Crippen molar-refractivity contribution in [1.82, 2.24) is 19.9 Å². The van der Waals surface area contributed by atoms with E-state index in [1.807, 2.05) is 48.5 Å². The van der Waals surface area contributed by atoms with Crippen molar-refractivity contribution in [2.24, 2.45) is 0 Å². The third-order valence-electron chi connectivity index (χ3n) is 4.32. The van der Waals surface area contributed by atoms with Crippen molar-refractivity contribution in [1.29, 1.82) is 0 Å². The number of hydrogen-bond acceptors (Lipinski definition) is 6. The smallest absolute Gasteiger partial charge is 0.164 e. The van der Waals surface area contributed by atoms with E-state index in [2.05, 4.69) is 32.5 Å². The second-order valence-corrected chi connectivity index (χ2v) is 7.02. The Morgan fingerprint density at radius 2 is 1.43 bits per heavy atom. The summed E-state index contributed by atoms with van der Waals surface area (Å²) in [5.41, 5.74) is 3.57. The van der Waals surface area contributed by atoms with E-state index in [0.717, 1.165) is 23.5 Å². The standard InChI is InChI=1S/C22H24N4OS/c27-22(8-5-13-28)18-9-10-21(25-14-18)17-26(15-19-6-1-3-11-23-19)16-20-7-2-4-12-24-20/h1-4,6-7,9-12,14,28H,5,8,13,15-17H2. The SMILES string of the molecule is O=C(CCCS)c1ccc(CN(Cc2ccccn2)Cc2ccccn2)nc1. The lowest BCUT2D eigenvalue weighted by molar-refractivity contribution is 0.0981. The molecule has 0 bridgehead atoms. The van der Waals surface area contributed by atoms with Gasteiger partial charge in [-0.15, -0.1) is 0 Å². The van der Waals surface area contributed by atoms with E-state index >= 15 is 0 Å². The predicted molar refractivity (Wildman–Crippen MR) is 113 cm³/mol. The molecule has 0 atom stereocenters. The molecule has 0 saturated carbocycles. The van der Waals surface area contributed by atoms with E-state index in [4.69, 9.17) is 0 Å². The summed E-state index contributed by atoms with van der Waals surface area (Å²) >= 11 is 4.16. The number of rotatable bonds is 10. The molecule has 0 aliphatic rings.